The molecule has 1 aliphatic rings. The van der Waals surface area contributed by atoms with E-state index in [1.165, 1.54) is 0 Å². The number of halogens is 1. The molecule has 0 atom stereocenters. The maximum Gasteiger partial charge on any atom is 0.253 e. The Morgan fingerprint density at radius 1 is 1.19 bits per heavy atom. The number of nitrogens with one attached hydrogen (secondary N) is 1. The van der Waals surface area contributed by atoms with Gasteiger partial charge in [0.1, 0.15) is 0 Å². The van der Waals surface area contributed by atoms with Gasteiger partial charge < -0.3 is 10.2 Å². The summed E-state index contributed by atoms with van der Waals surface area (Å²) in [5.74, 6) is 0.853. The molecular weight excluding hydrogens is 360 g/mol. The molecule has 1 saturated heterocycles. The van der Waals surface area contributed by atoms with E-state index >= 15 is 0 Å². The van der Waals surface area contributed by atoms with Crippen molar-refractivity contribution in [3.8, 4) is 0 Å². The summed E-state index contributed by atoms with van der Waals surface area (Å²) >= 11 is 0. The highest BCUT2D eigenvalue weighted by Crippen LogP contribution is 2.19. The average Bonchev–Trinajstić information content (AvgIpc) is 2.97. The molecule has 2 heterocycles. The van der Waals surface area contributed by atoms with E-state index in [0.29, 0.717) is 5.92 Å². The Morgan fingerprint density at radius 3 is 2.41 bits per heavy atom. The van der Waals surface area contributed by atoms with Crippen molar-refractivity contribution < 1.29 is 4.79 Å². The molecule has 1 amide bonds. The number of rotatable bonds is 6. The fourth-order valence-corrected chi connectivity index (χ4v) is 3.63. The average molecular weight is 391 g/mol. The summed E-state index contributed by atoms with van der Waals surface area (Å²) in [6.07, 6.45) is 2.18. The summed E-state index contributed by atoms with van der Waals surface area (Å²) in [5.41, 5.74) is 4.14. The Hall–Kier alpha value is -1.85. The highest BCUT2D eigenvalue weighted by Gasteiger charge is 2.23. The first kappa shape index (κ1) is 21.5. The van der Waals surface area contributed by atoms with Crippen molar-refractivity contribution in [2.75, 3.05) is 26.2 Å². The first-order valence-corrected chi connectivity index (χ1v) is 9.66. The Bertz CT molecular complexity index is 733. The molecule has 148 valence electrons. The van der Waals surface area contributed by atoms with Gasteiger partial charge in [0.15, 0.2) is 0 Å². The molecule has 0 aliphatic carbocycles. The van der Waals surface area contributed by atoms with Crippen molar-refractivity contribution >= 4 is 18.3 Å². The molecule has 1 fully saturated rings. The van der Waals surface area contributed by atoms with E-state index < -0.39 is 0 Å². The number of benzene rings is 1. The van der Waals surface area contributed by atoms with Gasteiger partial charge in [0.05, 0.1) is 12.2 Å². The Labute approximate surface area is 168 Å². The maximum absolute atomic E-state index is 12.7. The topological polar surface area (TPSA) is 50.2 Å². The molecule has 0 unspecified atom stereocenters. The number of nitrogens with zero attached hydrogens (tertiary/aromatic N) is 3. The summed E-state index contributed by atoms with van der Waals surface area (Å²) in [6, 6.07) is 10.1. The van der Waals surface area contributed by atoms with E-state index in [1.54, 1.807) is 0 Å². The molecule has 5 nitrogen and oxygen atoms in total. The molecule has 0 saturated carbocycles. The Morgan fingerprint density at radius 2 is 1.85 bits per heavy atom. The van der Waals surface area contributed by atoms with Gasteiger partial charge >= 0.3 is 0 Å². The quantitative estimate of drug-likeness (QED) is 0.822. The number of hydrogen-bond acceptors (Lipinski definition) is 3. The van der Waals surface area contributed by atoms with Crippen LogP contribution < -0.4 is 5.32 Å². The third kappa shape index (κ3) is 5.56. The van der Waals surface area contributed by atoms with Crippen LogP contribution in [0.4, 0.5) is 0 Å². The van der Waals surface area contributed by atoms with Crippen LogP contribution in [0, 0.1) is 19.8 Å². The molecule has 0 bridgehead atoms. The van der Waals surface area contributed by atoms with Gasteiger partial charge in [-0.3, -0.25) is 9.48 Å². The zero-order chi connectivity index (χ0) is 18.5. The van der Waals surface area contributed by atoms with Crippen molar-refractivity contribution in [3.63, 3.8) is 0 Å². The van der Waals surface area contributed by atoms with Gasteiger partial charge in [-0.1, -0.05) is 19.1 Å². The second-order valence-electron chi connectivity index (χ2n) is 7.32. The predicted octanol–water partition coefficient (Wildman–Crippen LogP) is 3.43. The minimum absolute atomic E-state index is 0. The van der Waals surface area contributed by atoms with Crippen LogP contribution in [0.15, 0.2) is 30.3 Å². The van der Waals surface area contributed by atoms with E-state index in [0.717, 1.165) is 68.1 Å². The smallest absolute Gasteiger partial charge is 0.253 e. The molecular formula is C21H31ClN4O. The minimum Gasteiger partial charge on any atom is -0.339 e. The number of aryl methyl sites for hydroxylation is 2. The summed E-state index contributed by atoms with van der Waals surface area (Å²) in [4.78, 5) is 14.7. The lowest BCUT2D eigenvalue weighted by atomic mass is 9.96. The van der Waals surface area contributed by atoms with Crippen LogP contribution in [-0.4, -0.2) is 46.8 Å². The summed E-state index contributed by atoms with van der Waals surface area (Å²) in [5, 5.41) is 7.92. The number of amides is 1. The van der Waals surface area contributed by atoms with E-state index in [1.807, 2.05) is 40.8 Å². The van der Waals surface area contributed by atoms with E-state index in [-0.39, 0.29) is 18.3 Å². The van der Waals surface area contributed by atoms with E-state index in [2.05, 4.69) is 30.3 Å². The van der Waals surface area contributed by atoms with Crippen LogP contribution in [0.3, 0.4) is 0 Å². The van der Waals surface area contributed by atoms with Gasteiger partial charge in [0, 0.05) is 24.3 Å². The summed E-state index contributed by atoms with van der Waals surface area (Å²) < 4.78 is 2.00. The highest BCUT2D eigenvalue weighted by molar-refractivity contribution is 5.94. The van der Waals surface area contributed by atoms with Crippen molar-refractivity contribution in [3.05, 3.63) is 52.8 Å². The lowest BCUT2D eigenvalue weighted by Gasteiger charge is -2.32. The van der Waals surface area contributed by atoms with Crippen LogP contribution in [0.1, 0.15) is 47.1 Å². The van der Waals surface area contributed by atoms with Crippen molar-refractivity contribution in [1.82, 2.24) is 20.0 Å². The summed E-state index contributed by atoms with van der Waals surface area (Å²) in [6.45, 7) is 10.8. The molecule has 1 aliphatic heterocycles. The predicted molar refractivity (Wildman–Crippen MR) is 112 cm³/mol. The van der Waals surface area contributed by atoms with Crippen LogP contribution in [0.25, 0.3) is 0 Å². The number of hydrogen-bond donors (Lipinski definition) is 1. The molecule has 6 heteroatoms. The van der Waals surface area contributed by atoms with Crippen LogP contribution >= 0.6 is 12.4 Å². The zero-order valence-corrected chi connectivity index (χ0v) is 17.4. The van der Waals surface area contributed by atoms with Crippen LogP contribution in [0.2, 0.25) is 0 Å². The summed E-state index contributed by atoms with van der Waals surface area (Å²) in [7, 11) is 0. The van der Waals surface area contributed by atoms with Crippen molar-refractivity contribution in [2.45, 2.75) is 40.2 Å². The van der Waals surface area contributed by atoms with Gasteiger partial charge in [0.25, 0.3) is 5.91 Å². The lowest BCUT2D eigenvalue weighted by Crippen LogP contribution is -2.40. The molecule has 27 heavy (non-hydrogen) atoms. The standard InChI is InChI=1S/C21H30N4O.ClH/c1-4-22-14-18-9-11-24(12-10-18)21(26)20-7-5-19(6-8-20)15-25-17(3)13-16(2)23-25;/h5-8,13,18,22H,4,9-12,14-15H2,1-3H3;1H. The first-order chi connectivity index (χ1) is 12.6. The highest BCUT2D eigenvalue weighted by atomic mass is 35.5. The van der Waals surface area contributed by atoms with Crippen molar-refractivity contribution in [1.29, 1.82) is 0 Å². The van der Waals surface area contributed by atoms with Gasteiger partial charge in [0.2, 0.25) is 0 Å². The van der Waals surface area contributed by atoms with E-state index in [4.69, 9.17) is 0 Å². The van der Waals surface area contributed by atoms with Crippen molar-refractivity contribution in [2.24, 2.45) is 5.92 Å². The third-order valence-corrected chi connectivity index (χ3v) is 5.22. The Kier molecular flexibility index (Phi) is 7.87. The second-order valence-corrected chi connectivity index (χ2v) is 7.32. The third-order valence-electron chi connectivity index (χ3n) is 5.22. The SMILES string of the molecule is CCNCC1CCN(C(=O)c2ccc(Cn3nc(C)cc3C)cc2)CC1.Cl. The van der Waals surface area contributed by atoms with Gasteiger partial charge in [-0.2, -0.15) is 5.10 Å². The number of aromatic nitrogens is 2. The van der Waals surface area contributed by atoms with Gasteiger partial charge in [-0.15, -0.1) is 12.4 Å². The molecule has 3 rings (SSSR count). The molecule has 1 aromatic heterocycles. The lowest BCUT2D eigenvalue weighted by molar-refractivity contribution is 0.0690. The number of piperidine rings is 1. The number of carbonyl (C=O) groups excluding carboxylic acids is 1. The fraction of sp³-hybridized carbons (Fsp3) is 0.524. The van der Waals surface area contributed by atoms with Crippen LogP contribution in [0.5, 0.6) is 0 Å². The largest absolute Gasteiger partial charge is 0.339 e. The Balaban J connectivity index is 0.00000261. The normalized spacial score (nSPS) is 14.9. The molecule has 1 N–H and O–H groups in total. The van der Waals surface area contributed by atoms with Gasteiger partial charge in [-0.05, 0) is 69.5 Å². The second kappa shape index (κ2) is 9.90. The number of likely N-dealkylation sites (tertiary alicyclic amines) is 1. The number of carbonyl (C=O) groups is 1. The van der Waals surface area contributed by atoms with Gasteiger partial charge in [-0.25, -0.2) is 0 Å². The molecule has 1 aromatic carbocycles. The molecule has 0 spiro atoms. The van der Waals surface area contributed by atoms with E-state index in [9.17, 15) is 4.79 Å². The molecule has 2 aromatic rings. The fourth-order valence-electron chi connectivity index (χ4n) is 3.63. The first-order valence-electron chi connectivity index (χ1n) is 9.66. The molecule has 0 radical (unpaired) electrons. The minimum atomic E-state index is 0. The monoisotopic (exact) mass is 390 g/mol. The van der Waals surface area contributed by atoms with Crippen LogP contribution in [-0.2, 0) is 6.54 Å². The zero-order valence-electron chi connectivity index (χ0n) is 16.6. The maximum atomic E-state index is 12.7.